The number of thiazole rings is 1. The maximum absolute atomic E-state index is 12.1. The number of amides is 2. The molecule has 6 nitrogen and oxygen atoms in total. The Balaban J connectivity index is 1.53. The van der Waals surface area contributed by atoms with Gasteiger partial charge in [0.05, 0.1) is 25.3 Å². The van der Waals surface area contributed by atoms with Gasteiger partial charge in [-0.25, -0.2) is 4.98 Å². The summed E-state index contributed by atoms with van der Waals surface area (Å²) in [6, 6.07) is 0. The van der Waals surface area contributed by atoms with Gasteiger partial charge in [-0.3, -0.25) is 9.59 Å². The van der Waals surface area contributed by atoms with Crippen LogP contribution in [-0.4, -0.2) is 48.0 Å². The standard InChI is InChI=1S/C13H17N3O3S/c17-11(16-3-5-19-6-4-16)7-10-8-20-13(14-10)15-12(18)9-1-2-9/h8-9H,1-7H2,(H,14,15,18). The topological polar surface area (TPSA) is 71.5 Å². The molecule has 0 unspecified atom stereocenters. The smallest absolute Gasteiger partial charge is 0.229 e. The fourth-order valence-electron chi connectivity index (χ4n) is 2.08. The van der Waals surface area contributed by atoms with Crippen LogP contribution < -0.4 is 5.32 Å². The highest BCUT2D eigenvalue weighted by Crippen LogP contribution is 2.30. The Labute approximate surface area is 121 Å². The van der Waals surface area contributed by atoms with Gasteiger partial charge in [-0.1, -0.05) is 0 Å². The summed E-state index contributed by atoms with van der Waals surface area (Å²) in [7, 11) is 0. The summed E-state index contributed by atoms with van der Waals surface area (Å²) >= 11 is 1.37. The highest BCUT2D eigenvalue weighted by Gasteiger charge is 2.30. The Morgan fingerprint density at radius 2 is 2.15 bits per heavy atom. The number of hydrogen-bond acceptors (Lipinski definition) is 5. The SMILES string of the molecule is O=C(Nc1nc(CC(=O)N2CCOCC2)cs1)C1CC1. The van der Waals surface area contributed by atoms with Crippen molar-refractivity contribution in [2.75, 3.05) is 31.6 Å². The molecular weight excluding hydrogens is 278 g/mol. The Morgan fingerprint density at radius 1 is 1.40 bits per heavy atom. The number of morpholine rings is 1. The fraction of sp³-hybridized carbons (Fsp3) is 0.615. The van der Waals surface area contributed by atoms with E-state index in [0.717, 1.165) is 18.5 Å². The van der Waals surface area contributed by atoms with E-state index in [1.807, 2.05) is 5.38 Å². The number of carbonyl (C=O) groups is 2. The molecule has 0 bridgehead atoms. The van der Waals surface area contributed by atoms with Crippen LogP contribution in [0.25, 0.3) is 0 Å². The molecule has 2 aliphatic rings. The zero-order chi connectivity index (χ0) is 13.9. The van der Waals surface area contributed by atoms with E-state index in [0.29, 0.717) is 31.4 Å². The van der Waals surface area contributed by atoms with Gasteiger partial charge in [0.15, 0.2) is 5.13 Å². The van der Waals surface area contributed by atoms with E-state index >= 15 is 0 Å². The molecule has 0 atom stereocenters. The van der Waals surface area contributed by atoms with Gasteiger partial charge in [-0.05, 0) is 12.8 Å². The molecule has 108 valence electrons. The highest BCUT2D eigenvalue weighted by molar-refractivity contribution is 7.13. The van der Waals surface area contributed by atoms with Crippen LogP contribution in [0.4, 0.5) is 5.13 Å². The first kappa shape index (κ1) is 13.5. The van der Waals surface area contributed by atoms with Crippen LogP contribution in [0.5, 0.6) is 0 Å². The molecule has 0 radical (unpaired) electrons. The van der Waals surface area contributed by atoms with Gasteiger partial charge in [0, 0.05) is 24.4 Å². The lowest BCUT2D eigenvalue weighted by atomic mass is 10.3. The van der Waals surface area contributed by atoms with Crippen molar-refractivity contribution in [2.24, 2.45) is 5.92 Å². The second kappa shape index (κ2) is 5.88. The van der Waals surface area contributed by atoms with E-state index in [9.17, 15) is 9.59 Å². The maximum Gasteiger partial charge on any atom is 0.229 e. The number of hydrogen-bond donors (Lipinski definition) is 1. The van der Waals surface area contributed by atoms with Gasteiger partial charge in [-0.2, -0.15) is 0 Å². The molecule has 2 heterocycles. The summed E-state index contributed by atoms with van der Waals surface area (Å²) in [6.45, 7) is 2.50. The van der Waals surface area contributed by atoms with Gasteiger partial charge < -0.3 is 15.0 Å². The number of nitrogens with zero attached hydrogens (tertiary/aromatic N) is 2. The van der Waals surface area contributed by atoms with Gasteiger partial charge in [0.1, 0.15) is 0 Å². The first-order chi connectivity index (χ1) is 9.72. The third-order valence-corrected chi connectivity index (χ3v) is 4.23. The van der Waals surface area contributed by atoms with E-state index in [1.54, 1.807) is 4.90 Å². The molecule has 0 spiro atoms. The molecule has 1 aliphatic carbocycles. The van der Waals surface area contributed by atoms with Crippen molar-refractivity contribution < 1.29 is 14.3 Å². The summed E-state index contributed by atoms with van der Waals surface area (Å²) in [4.78, 5) is 29.8. The monoisotopic (exact) mass is 295 g/mol. The third-order valence-electron chi connectivity index (χ3n) is 3.43. The molecule has 1 aromatic rings. The predicted molar refractivity (Wildman–Crippen MR) is 74.6 cm³/mol. The Kier molecular flexibility index (Phi) is 3.98. The average molecular weight is 295 g/mol. The molecule has 1 saturated carbocycles. The van der Waals surface area contributed by atoms with E-state index in [-0.39, 0.29) is 24.2 Å². The number of anilines is 1. The van der Waals surface area contributed by atoms with Crippen LogP contribution in [0.3, 0.4) is 0 Å². The van der Waals surface area contributed by atoms with Gasteiger partial charge in [0.2, 0.25) is 11.8 Å². The van der Waals surface area contributed by atoms with Gasteiger partial charge in [0.25, 0.3) is 0 Å². The zero-order valence-electron chi connectivity index (χ0n) is 11.1. The lowest BCUT2D eigenvalue weighted by Gasteiger charge is -2.26. The quantitative estimate of drug-likeness (QED) is 0.895. The first-order valence-corrected chi connectivity index (χ1v) is 7.71. The minimum Gasteiger partial charge on any atom is -0.378 e. The Hall–Kier alpha value is -1.47. The highest BCUT2D eigenvalue weighted by atomic mass is 32.1. The minimum absolute atomic E-state index is 0.0467. The van der Waals surface area contributed by atoms with Crippen molar-refractivity contribution in [1.82, 2.24) is 9.88 Å². The minimum atomic E-state index is 0.0467. The van der Waals surface area contributed by atoms with E-state index in [1.165, 1.54) is 11.3 Å². The fourth-order valence-corrected chi connectivity index (χ4v) is 2.79. The summed E-state index contributed by atoms with van der Waals surface area (Å²) in [5.41, 5.74) is 0.720. The molecule has 1 aromatic heterocycles. The molecule has 3 rings (SSSR count). The normalized spacial score (nSPS) is 18.9. The number of rotatable bonds is 4. The summed E-state index contributed by atoms with van der Waals surface area (Å²) in [5.74, 6) is 0.279. The molecule has 7 heteroatoms. The second-order valence-electron chi connectivity index (χ2n) is 5.08. The maximum atomic E-state index is 12.1. The zero-order valence-corrected chi connectivity index (χ0v) is 11.9. The molecule has 2 fully saturated rings. The molecule has 2 amide bonds. The van der Waals surface area contributed by atoms with Crippen LogP contribution in [-0.2, 0) is 20.7 Å². The van der Waals surface area contributed by atoms with Crippen LogP contribution in [0, 0.1) is 5.92 Å². The predicted octanol–water partition coefficient (Wildman–Crippen LogP) is 0.893. The number of carbonyl (C=O) groups excluding carboxylic acids is 2. The number of ether oxygens (including phenoxy) is 1. The number of aromatic nitrogens is 1. The number of nitrogens with one attached hydrogen (secondary N) is 1. The molecular formula is C13H17N3O3S. The molecule has 1 saturated heterocycles. The van der Waals surface area contributed by atoms with Crippen LogP contribution in [0.2, 0.25) is 0 Å². The van der Waals surface area contributed by atoms with Crippen molar-refractivity contribution in [2.45, 2.75) is 19.3 Å². The molecule has 20 heavy (non-hydrogen) atoms. The van der Waals surface area contributed by atoms with Gasteiger partial charge >= 0.3 is 0 Å². The van der Waals surface area contributed by atoms with Crippen molar-refractivity contribution in [3.8, 4) is 0 Å². The summed E-state index contributed by atoms with van der Waals surface area (Å²) in [6.07, 6.45) is 2.23. The first-order valence-electron chi connectivity index (χ1n) is 6.83. The molecule has 0 aromatic carbocycles. The average Bonchev–Trinajstić information content (AvgIpc) is 3.23. The lowest BCUT2D eigenvalue weighted by Crippen LogP contribution is -2.41. The molecule has 1 N–H and O–H groups in total. The van der Waals surface area contributed by atoms with E-state index in [2.05, 4.69) is 10.3 Å². The van der Waals surface area contributed by atoms with Crippen molar-refractivity contribution in [3.63, 3.8) is 0 Å². The Bertz CT molecular complexity index is 507. The van der Waals surface area contributed by atoms with Gasteiger partial charge in [-0.15, -0.1) is 11.3 Å². The largest absolute Gasteiger partial charge is 0.378 e. The lowest BCUT2D eigenvalue weighted by molar-refractivity contribution is -0.134. The Morgan fingerprint density at radius 3 is 2.85 bits per heavy atom. The second-order valence-corrected chi connectivity index (χ2v) is 5.94. The van der Waals surface area contributed by atoms with Crippen molar-refractivity contribution in [3.05, 3.63) is 11.1 Å². The van der Waals surface area contributed by atoms with E-state index < -0.39 is 0 Å². The van der Waals surface area contributed by atoms with Crippen LogP contribution >= 0.6 is 11.3 Å². The van der Waals surface area contributed by atoms with Crippen LogP contribution in [0.1, 0.15) is 18.5 Å². The summed E-state index contributed by atoms with van der Waals surface area (Å²) in [5, 5.41) is 5.22. The van der Waals surface area contributed by atoms with Crippen molar-refractivity contribution >= 4 is 28.3 Å². The summed E-state index contributed by atoms with van der Waals surface area (Å²) < 4.78 is 5.22. The molecule has 1 aliphatic heterocycles. The van der Waals surface area contributed by atoms with Crippen LogP contribution in [0.15, 0.2) is 5.38 Å². The van der Waals surface area contributed by atoms with Crippen molar-refractivity contribution in [1.29, 1.82) is 0 Å². The third kappa shape index (κ3) is 3.34. The van der Waals surface area contributed by atoms with E-state index in [4.69, 9.17) is 4.74 Å².